The van der Waals surface area contributed by atoms with E-state index >= 15 is 0 Å². The fraction of sp³-hybridized carbons (Fsp3) is 0.618. The summed E-state index contributed by atoms with van der Waals surface area (Å²) < 4.78 is 77.3. The van der Waals surface area contributed by atoms with Gasteiger partial charge in [-0.25, -0.2) is 13.1 Å². The maximum Gasteiger partial charge on any atom is 0.414 e. The molecule has 0 radical (unpaired) electrons. The lowest BCUT2D eigenvalue weighted by Gasteiger charge is -2.48. The van der Waals surface area contributed by atoms with Crippen LogP contribution in [0, 0.1) is 23.7 Å². The molecule has 46 heavy (non-hydrogen) atoms. The molecule has 7 nitrogen and oxygen atoms in total. The maximum atomic E-state index is 14.0. The number of hydrogen-bond acceptors (Lipinski definition) is 6. The van der Waals surface area contributed by atoms with Crippen LogP contribution in [0.1, 0.15) is 80.3 Å². The van der Waals surface area contributed by atoms with Crippen LogP contribution in [0.25, 0.3) is 0 Å². The Morgan fingerprint density at radius 1 is 1.09 bits per heavy atom. The van der Waals surface area contributed by atoms with Crippen molar-refractivity contribution in [2.75, 3.05) is 24.6 Å². The van der Waals surface area contributed by atoms with Gasteiger partial charge in [0.15, 0.2) is 6.10 Å². The normalized spacial score (nSPS) is 32.2. The Labute approximate surface area is 273 Å². The van der Waals surface area contributed by atoms with E-state index in [1.54, 1.807) is 25.1 Å². The highest BCUT2D eigenvalue weighted by Crippen LogP contribution is 2.49. The predicted molar refractivity (Wildman–Crippen MR) is 171 cm³/mol. The number of anilines is 1. The number of aryl methyl sites for hydroxylation is 1. The number of sulfonamides is 1. The zero-order chi connectivity index (χ0) is 33.0. The van der Waals surface area contributed by atoms with Crippen LogP contribution in [-0.4, -0.2) is 56.7 Å². The van der Waals surface area contributed by atoms with Crippen molar-refractivity contribution < 1.29 is 36.2 Å². The van der Waals surface area contributed by atoms with Crippen molar-refractivity contribution in [2.24, 2.45) is 23.7 Å². The third-order valence-corrected chi connectivity index (χ3v) is 13.4. The summed E-state index contributed by atoms with van der Waals surface area (Å²) in [7, 11) is -4.08. The highest BCUT2D eigenvalue weighted by Gasteiger charge is 2.51. The fourth-order valence-corrected chi connectivity index (χ4v) is 9.77. The molecule has 7 atom stereocenters. The van der Waals surface area contributed by atoms with Gasteiger partial charge in [0.05, 0.1) is 17.5 Å². The SMILES string of the molecule is CC1CCC[C@H]([C@H](O)C(F)(F)F)C2CCC2CN2C[C@@]3(CCCc4cc(Cl)ccc43)COc3ccc(cc32)C(=O)NS(=O)(=O)C1C. The van der Waals surface area contributed by atoms with Crippen LogP contribution in [-0.2, 0) is 21.9 Å². The van der Waals surface area contributed by atoms with E-state index in [4.69, 9.17) is 16.3 Å². The first-order valence-electron chi connectivity index (χ1n) is 16.3. The van der Waals surface area contributed by atoms with Crippen molar-refractivity contribution in [2.45, 2.75) is 88.2 Å². The number of aliphatic hydroxyl groups is 1. The van der Waals surface area contributed by atoms with Gasteiger partial charge < -0.3 is 14.7 Å². The monoisotopic (exact) mass is 682 g/mol. The smallest absolute Gasteiger partial charge is 0.414 e. The van der Waals surface area contributed by atoms with Gasteiger partial charge in [-0.2, -0.15) is 13.2 Å². The van der Waals surface area contributed by atoms with Crippen LogP contribution in [0.15, 0.2) is 36.4 Å². The van der Waals surface area contributed by atoms with Gasteiger partial charge in [-0.1, -0.05) is 31.0 Å². The zero-order valence-electron chi connectivity index (χ0n) is 26.2. The number of ether oxygens (including phenoxy) is 1. The van der Waals surface area contributed by atoms with Gasteiger partial charge in [0.2, 0.25) is 10.0 Å². The van der Waals surface area contributed by atoms with E-state index in [1.807, 2.05) is 18.2 Å². The zero-order valence-corrected chi connectivity index (χ0v) is 27.7. The summed E-state index contributed by atoms with van der Waals surface area (Å²) in [4.78, 5) is 15.5. The number of aliphatic hydroxyl groups excluding tert-OH is 1. The van der Waals surface area contributed by atoms with Gasteiger partial charge in [0.1, 0.15) is 5.75 Å². The summed E-state index contributed by atoms with van der Waals surface area (Å²) >= 11 is 6.36. The molecule has 6 rings (SSSR count). The van der Waals surface area contributed by atoms with Crippen molar-refractivity contribution in [3.63, 3.8) is 0 Å². The lowest BCUT2D eigenvalue weighted by atomic mass is 9.63. The summed E-state index contributed by atoms with van der Waals surface area (Å²) in [5.74, 6) is -2.08. The molecule has 2 aliphatic carbocycles. The van der Waals surface area contributed by atoms with E-state index in [9.17, 15) is 31.5 Å². The largest absolute Gasteiger partial charge is 0.490 e. The second-order valence-electron chi connectivity index (χ2n) is 14.0. The van der Waals surface area contributed by atoms with E-state index in [0.29, 0.717) is 55.4 Å². The summed E-state index contributed by atoms with van der Waals surface area (Å²) in [5, 5.41) is 10.3. The van der Waals surface area contributed by atoms with E-state index in [0.717, 1.165) is 36.8 Å². The van der Waals surface area contributed by atoms with Crippen LogP contribution in [0.2, 0.25) is 5.02 Å². The summed E-state index contributed by atoms with van der Waals surface area (Å²) in [5.41, 5.74) is 2.61. The van der Waals surface area contributed by atoms with Crippen molar-refractivity contribution in [1.82, 2.24) is 4.72 Å². The number of benzene rings is 2. The molecule has 2 heterocycles. The molecule has 2 N–H and O–H groups in total. The lowest BCUT2D eigenvalue weighted by molar-refractivity contribution is -0.231. The van der Waals surface area contributed by atoms with E-state index in [1.165, 1.54) is 6.92 Å². The number of rotatable bonds is 1. The Kier molecular flexibility index (Phi) is 9.08. The molecule has 2 aromatic carbocycles. The van der Waals surface area contributed by atoms with Crippen LogP contribution < -0.4 is 14.4 Å². The molecule has 1 amide bonds. The Morgan fingerprint density at radius 2 is 1.87 bits per heavy atom. The molecule has 1 spiro atoms. The topological polar surface area (TPSA) is 95.9 Å². The Hall–Kier alpha value is -2.50. The summed E-state index contributed by atoms with van der Waals surface area (Å²) in [6.07, 6.45) is -2.47. The first kappa shape index (κ1) is 33.4. The third kappa shape index (κ3) is 6.35. The molecule has 2 aliphatic heterocycles. The second kappa shape index (κ2) is 12.5. The molecule has 252 valence electrons. The van der Waals surface area contributed by atoms with Gasteiger partial charge in [0.25, 0.3) is 5.91 Å². The number of carbonyl (C=O) groups excluding carboxylic acids is 1. The molecule has 0 saturated heterocycles. The van der Waals surface area contributed by atoms with Crippen LogP contribution in [0.5, 0.6) is 5.75 Å². The number of carbonyl (C=O) groups is 1. The fourth-order valence-electron chi connectivity index (χ4n) is 8.27. The molecule has 4 unspecified atom stereocenters. The number of nitrogens with zero attached hydrogens (tertiary/aromatic N) is 1. The van der Waals surface area contributed by atoms with Gasteiger partial charge in [0, 0.05) is 29.1 Å². The molecule has 0 aromatic heterocycles. The van der Waals surface area contributed by atoms with Crippen LogP contribution in [0.3, 0.4) is 0 Å². The van der Waals surface area contributed by atoms with E-state index in [2.05, 4.69) is 9.62 Å². The molecule has 4 aliphatic rings. The first-order chi connectivity index (χ1) is 21.7. The minimum absolute atomic E-state index is 0.111. The number of alkyl halides is 3. The van der Waals surface area contributed by atoms with Gasteiger partial charge in [-0.05, 0) is 117 Å². The standard InChI is InChI=1S/C34H42ClF3N2O5S/c1-20-5-3-7-27(31(41)34(36,37)38)26-11-8-24(26)17-40-18-33(14-4-6-22-15-25(35)10-12-28(22)33)19-45-30-13-9-23(16-29(30)40)32(42)39-46(43,44)21(20)2/h9-10,12-13,15-16,20-21,24,26-27,31,41H,3-8,11,14,17-19H2,1-2H3,(H,39,42)/t20?,21?,24?,26?,27-,31-,33-/m0/s1. The van der Waals surface area contributed by atoms with Crippen molar-refractivity contribution >= 4 is 33.2 Å². The minimum atomic E-state index is -4.76. The van der Waals surface area contributed by atoms with Crippen molar-refractivity contribution in [1.29, 1.82) is 0 Å². The number of nitrogens with one attached hydrogen (secondary N) is 1. The number of fused-ring (bicyclic) bond motifs is 4. The average molecular weight is 683 g/mol. The molecule has 1 saturated carbocycles. The highest BCUT2D eigenvalue weighted by molar-refractivity contribution is 7.90. The third-order valence-electron chi connectivity index (χ3n) is 11.2. The van der Waals surface area contributed by atoms with Crippen LogP contribution >= 0.6 is 11.6 Å². The Balaban J connectivity index is 1.43. The number of halogens is 4. The number of amides is 1. The molecular formula is C34H42ClF3N2O5S. The quantitative estimate of drug-likeness (QED) is 0.350. The second-order valence-corrected chi connectivity index (χ2v) is 16.5. The van der Waals surface area contributed by atoms with Crippen molar-refractivity contribution in [3.8, 4) is 5.75 Å². The lowest BCUT2D eigenvalue weighted by Crippen LogP contribution is -2.51. The Bertz CT molecular complexity index is 1590. The highest BCUT2D eigenvalue weighted by atomic mass is 35.5. The van der Waals surface area contributed by atoms with Gasteiger partial charge in [-0.3, -0.25) is 4.79 Å². The molecule has 1 fully saturated rings. The summed E-state index contributed by atoms with van der Waals surface area (Å²) in [6.45, 7) is 4.52. The minimum Gasteiger partial charge on any atom is -0.490 e. The van der Waals surface area contributed by atoms with Gasteiger partial charge in [-0.15, -0.1) is 0 Å². The van der Waals surface area contributed by atoms with Gasteiger partial charge >= 0.3 is 6.18 Å². The predicted octanol–water partition coefficient (Wildman–Crippen LogP) is 6.65. The van der Waals surface area contributed by atoms with E-state index in [-0.39, 0.29) is 23.8 Å². The average Bonchev–Trinajstić information content (AvgIpc) is 3.13. The summed E-state index contributed by atoms with van der Waals surface area (Å²) in [6, 6.07) is 10.8. The molecule has 12 heteroatoms. The molecule has 2 aromatic rings. The first-order valence-corrected chi connectivity index (χ1v) is 18.2. The molecule has 2 bridgehead atoms. The van der Waals surface area contributed by atoms with Crippen LogP contribution in [0.4, 0.5) is 18.9 Å². The Morgan fingerprint density at radius 3 is 2.59 bits per heavy atom. The maximum absolute atomic E-state index is 14.0. The number of hydrogen-bond donors (Lipinski definition) is 2. The van der Waals surface area contributed by atoms with Crippen molar-refractivity contribution in [3.05, 3.63) is 58.1 Å². The van der Waals surface area contributed by atoms with E-state index < -0.39 is 50.7 Å². The molecular weight excluding hydrogens is 641 g/mol.